The zero-order chi connectivity index (χ0) is 21.2. The van der Waals surface area contributed by atoms with E-state index in [1.807, 2.05) is 60.7 Å². The first-order chi connectivity index (χ1) is 14.7. The molecule has 1 unspecified atom stereocenters. The molecule has 0 heterocycles. The summed E-state index contributed by atoms with van der Waals surface area (Å²) in [6.45, 7) is 0.753. The molecule has 5 nitrogen and oxygen atoms in total. The molecule has 0 aliphatic carbocycles. The molecule has 0 aliphatic rings. The number of carbonyl (C=O) groups excluding carboxylic acids is 1. The van der Waals surface area contributed by atoms with Crippen molar-refractivity contribution < 1.29 is 18.5 Å². The zero-order valence-corrected chi connectivity index (χ0v) is 17.7. The largest absolute Gasteiger partial charge is 0.493 e. The van der Waals surface area contributed by atoms with E-state index in [1.165, 1.54) is 0 Å². The second-order valence-corrected chi connectivity index (χ2v) is 8.25. The Hall–Kier alpha value is -3.12. The summed E-state index contributed by atoms with van der Waals surface area (Å²) in [5, 5.41) is 2.82. The molecule has 156 valence electrons. The summed E-state index contributed by atoms with van der Waals surface area (Å²) >= 11 is 0. The van der Waals surface area contributed by atoms with E-state index in [1.54, 1.807) is 25.3 Å². The van der Waals surface area contributed by atoms with Crippen molar-refractivity contribution >= 4 is 16.7 Å². The van der Waals surface area contributed by atoms with Gasteiger partial charge in [-0.05, 0) is 29.3 Å². The summed E-state index contributed by atoms with van der Waals surface area (Å²) in [5.41, 5.74) is 2.54. The van der Waals surface area contributed by atoms with Gasteiger partial charge < -0.3 is 14.8 Å². The molecule has 3 aromatic carbocycles. The van der Waals surface area contributed by atoms with E-state index in [0.717, 1.165) is 11.1 Å². The maximum absolute atomic E-state index is 12.4. The molecule has 0 aliphatic heterocycles. The molecule has 0 radical (unpaired) electrons. The predicted molar refractivity (Wildman–Crippen MR) is 119 cm³/mol. The van der Waals surface area contributed by atoms with Crippen LogP contribution in [0.1, 0.15) is 21.5 Å². The third-order valence-electron chi connectivity index (χ3n) is 4.45. The third kappa shape index (κ3) is 6.46. The Balaban J connectivity index is 1.51. The van der Waals surface area contributed by atoms with Crippen LogP contribution in [0.3, 0.4) is 0 Å². The fourth-order valence-electron chi connectivity index (χ4n) is 2.88. The number of hydrogen-bond acceptors (Lipinski definition) is 4. The lowest BCUT2D eigenvalue weighted by Gasteiger charge is -2.12. The van der Waals surface area contributed by atoms with Gasteiger partial charge in [0.15, 0.2) is 11.5 Å². The van der Waals surface area contributed by atoms with Crippen molar-refractivity contribution in [2.24, 2.45) is 0 Å². The number of benzene rings is 3. The van der Waals surface area contributed by atoms with Gasteiger partial charge in [-0.2, -0.15) is 0 Å². The van der Waals surface area contributed by atoms with E-state index in [2.05, 4.69) is 5.32 Å². The van der Waals surface area contributed by atoms with Crippen LogP contribution in [-0.2, 0) is 23.2 Å². The molecule has 1 atom stereocenters. The standard InChI is InChI=1S/C24H25NO4S/c1-28-23-16-21(12-13-22(23)29-17-19-8-4-2-5-9-19)24(26)25-14-15-30(27)18-20-10-6-3-7-11-20/h2-13,16H,14-15,17-18H2,1H3,(H,25,26). The Morgan fingerprint density at radius 2 is 1.57 bits per heavy atom. The van der Waals surface area contributed by atoms with Crippen LogP contribution in [0.4, 0.5) is 0 Å². The highest BCUT2D eigenvalue weighted by atomic mass is 32.2. The molecule has 30 heavy (non-hydrogen) atoms. The maximum atomic E-state index is 12.4. The smallest absolute Gasteiger partial charge is 0.251 e. The minimum atomic E-state index is -1.03. The molecular formula is C24H25NO4S. The summed E-state index contributed by atoms with van der Waals surface area (Å²) in [6.07, 6.45) is 0. The Morgan fingerprint density at radius 1 is 0.900 bits per heavy atom. The van der Waals surface area contributed by atoms with E-state index < -0.39 is 10.8 Å². The number of carbonyl (C=O) groups is 1. The lowest BCUT2D eigenvalue weighted by atomic mass is 10.2. The second-order valence-electron chi connectivity index (χ2n) is 6.67. The highest BCUT2D eigenvalue weighted by Crippen LogP contribution is 2.28. The van der Waals surface area contributed by atoms with Crippen molar-refractivity contribution in [3.8, 4) is 11.5 Å². The molecule has 1 N–H and O–H groups in total. The van der Waals surface area contributed by atoms with Gasteiger partial charge in [-0.25, -0.2) is 0 Å². The SMILES string of the molecule is COc1cc(C(=O)NCCS(=O)Cc2ccccc2)ccc1OCc1ccccc1. The fourth-order valence-corrected chi connectivity index (χ4v) is 3.91. The van der Waals surface area contributed by atoms with Crippen LogP contribution in [-0.4, -0.2) is 29.5 Å². The predicted octanol–water partition coefficient (Wildman–Crippen LogP) is 3.95. The zero-order valence-electron chi connectivity index (χ0n) is 16.9. The Kier molecular flexibility index (Phi) is 8.03. The molecule has 0 aromatic heterocycles. The molecule has 0 spiro atoms. The Bertz CT molecular complexity index is 977. The van der Waals surface area contributed by atoms with Crippen molar-refractivity contribution in [1.82, 2.24) is 5.32 Å². The molecule has 3 rings (SSSR count). The molecule has 6 heteroatoms. The number of nitrogens with one attached hydrogen (secondary N) is 1. The first kappa shape index (κ1) is 21.6. The number of hydrogen-bond donors (Lipinski definition) is 1. The van der Waals surface area contributed by atoms with Crippen molar-refractivity contribution in [2.45, 2.75) is 12.4 Å². The highest BCUT2D eigenvalue weighted by Gasteiger charge is 2.12. The van der Waals surface area contributed by atoms with E-state index >= 15 is 0 Å². The van der Waals surface area contributed by atoms with Crippen molar-refractivity contribution in [3.05, 3.63) is 95.6 Å². The van der Waals surface area contributed by atoms with Gasteiger partial charge in [0.25, 0.3) is 5.91 Å². The van der Waals surface area contributed by atoms with Crippen molar-refractivity contribution in [3.63, 3.8) is 0 Å². The summed E-state index contributed by atoms with van der Waals surface area (Å²) < 4.78 is 23.4. The van der Waals surface area contributed by atoms with Gasteiger partial charge in [-0.3, -0.25) is 9.00 Å². The topological polar surface area (TPSA) is 64.6 Å². The van der Waals surface area contributed by atoms with Crippen LogP contribution in [0.5, 0.6) is 11.5 Å². The lowest BCUT2D eigenvalue weighted by molar-refractivity contribution is 0.0955. The lowest BCUT2D eigenvalue weighted by Crippen LogP contribution is -2.28. The van der Waals surface area contributed by atoms with E-state index in [-0.39, 0.29) is 5.91 Å². The van der Waals surface area contributed by atoms with Crippen LogP contribution in [0.25, 0.3) is 0 Å². The molecular weight excluding hydrogens is 398 g/mol. The van der Waals surface area contributed by atoms with Gasteiger partial charge in [0.05, 0.1) is 7.11 Å². The van der Waals surface area contributed by atoms with Gasteiger partial charge in [0.1, 0.15) is 6.61 Å². The molecule has 0 saturated heterocycles. The van der Waals surface area contributed by atoms with Crippen molar-refractivity contribution in [1.29, 1.82) is 0 Å². The van der Waals surface area contributed by atoms with Gasteiger partial charge in [-0.15, -0.1) is 0 Å². The van der Waals surface area contributed by atoms with Crippen LogP contribution >= 0.6 is 0 Å². The average molecular weight is 424 g/mol. The summed E-state index contributed by atoms with van der Waals surface area (Å²) in [7, 11) is 0.507. The van der Waals surface area contributed by atoms with Crippen LogP contribution in [0.15, 0.2) is 78.9 Å². The van der Waals surface area contributed by atoms with Crippen LogP contribution in [0.2, 0.25) is 0 Å². The molecule has 3 aromatic rings. The Morgan fingerprint density at radius 3 is 2.23 bits per heavy atom. The number of ether oxygens (including phenoxy) is 2. The molecule has 0 saturated carbocycles. The van der Waals surface area contributed by atoms with Gasteiger partial charge in [0.2, 0.25) is 0 Å². The van der Waals surface area contributed by atoms with Crippen LogP contribution < -0.4 is 14.8 Å². The third-order valence-corrected chi connectivity index (χ3v) is 5.76. The minimum absolute atomic E-state index is 0.236. The molecule has 1 amide bonds. The average Bonchev–Trinajstić information content (AvgIpc) is 2.78. The summed E-state index contributed by atoms with van der Waals surface area (Å²) in [6, 6.07) is 24.6. The monoisotopic (exact) mass is 423 g/mol. The first-order valence-corrected chi connectivity index (χ1v) is 11.2. The van der Waals surface area contributed by atoms with Crippen molar-refractivity contribution in [2.75, 3.05) is 19.4 Å². The molecule has 0 fully saturated rings. The van der Waals surface area contributed by atoms with E-state index in [0.29, 0.717) is 41.7 Å². The van der Waals surface area contributed by atoms with Gasteiger partial charge >= 0.3 is 0 Å². The maximum Gasteiger partial charge on any atom is 0.251 e. The second kappa shape index (κ2) is 11.2. The fraction of sp³-hybridized carbons (Fsp3) is 0.208. The minimum Gasteiger partial charge on any atom is -0.493 e. The van der Waals surface area contributed by atoms with E-state index in [9.17, 15) is 9.00 Å². The van der Waals surface area contributed by atoms with Gasteiger partial charge in [0, 0.05) is 34.4 Å². The van der Waals surface area contributed by atoms with Gasteiger partial charge in [-0.1, -0.05) is 60.7 Å². The molecule has 0 bridgehead atoms. The normalized spacial score (nSPS) is 11.5. The van der Waals surface area contributed by atoms with E-state index in [4.69, 9.17) is 9.47 Å². The number of amides is 1. The summed E-state index contributed by atoms with van der Waals surface area (Å²) in [5.74, 6) is 1.71. The Labute approximate surface area is 179 Å². The summed E-state index contributed by atoms with van der Waals surface area (Å²) in [4.78, 5) is 12.4. The highest BCUT2D eigenvalue weighted by molar-refractivity contribution is 7.84. The number of rotatable bonds is 10. The van der Waals surface area contributed by atoms with Crippen LogP contribution in [0, 0.1) is 0 Å². The first-order valence-electron chi connectivity index (χ1n) is 9.67. The number of methoxy groups -OCH3 is 1. The quantitative estimate of drug-likeness (QED) is 0.536.